The molecule has 3 aromatic rings. The van der Waals surface area contributed by atoms with Gasteiger partial charge in [0.1, 0.15) is 17.9 Å². The zero-order valence-electron chi connectivity index (χ0n) is 20.0. The zero-order chi connectivity index (χ0) is 27.8. The Labute approximate surface area is 225 Å². The standard InChI is InChI=1S/C27H19Cl2F3N2O4/c1-14-3-4-16(9-15(14)2)13-38-23-8-6-19(28)10-17(23)11-20-24(35)33-26(37)34(25(20)36)22-12-18(27(30,31)32)5-7-21(22)29/h3-12H,13H2,1-2H3,(H,33,35,37)/b20-11-. The highest BCUT2D eigenvalue weighted by molar-refractivity contribution is 6.42. The number of aryl methyl sites for hydroxylation is 2. The van der Waals surface area contributed by atoms with Crippen molar-refractivity contribution < 1.29 is 32.3 Å². The Kier molecular flexibility index (Phi) is 7.53. The SMILES string of the molecule is Cc1ccc(COc2ccc(Cl)cc2/C=C2/C(=O)NC(=O)N(c3cc(C(F)(F)F)ccc3Cl)C2=O)cc1C. The molecule has 38 heavy (non-hydrogen) atoms. The van der Waals surface area contributed by atoms with Crippen LogP contribution in [0.25, 0.3) is 6.08 Å². The second-order valence-corrected chi connectivity index (χ2v) is 9.35. The summed E-state index contributed by atoms with van der Waals surface area (Å²) in [5.41, 5.74) is 1.13. The monoisotopic (exact) mass is 562 g/mol. The molecule has 0 aliphatic carbocycles. The number of nitrogens with one attached hydrogen (secondary N) is 1. The van der Waals surface area contributed by atoms with E-state index in [2.05, 4.69) is 0 Å². The third-order valence-electron chi connectivity index (χ3n) is 5.85. The normalized spacial score (nSPS) is 15.2. The van der Waals surface area contributed by atoms with Gasteiger partial charge < -0.3 is 4.74 Å². The summed E-state index contributed by atoms with van der Waals surface area (Å²) in [6.45, 7) is 4.12. The Morgan fingerprint density at radius 3 is 2.37 bits per heavy atom. The molecule has 4 amide bonds. The number of anilines is 1. The average Bonchev–Trinajstić information content (AvgIpc) is 2.83. The first kappa shape index (κ1) is 27.2. The van der Waals surface area contributed by atoms with Crippen LogP contribution in [-0.4, -0.2) is 17.8 Å². The molecule has 0 radical (unpaired) electrons. The van der Waals surface area contributed by atoms with E-state index < -0.39 is 40.8 Å². The van der Waals surface area contributed by atoms with Crippen molar-refractivity contribution in [3.8, 4) is 5.75 Å². The minimum Gasteiger partial charge on any atom is -0.488 e. The van der Waals surface area contributed by atoms with Crippen LogP contribution >= 0.6 is 23.2 Å². The van der Waals surface area contributed by atoms with Gasteiger partial charge in [0.2, 0.25) is 0 Å². The molecule has 0 spiro atoms. The van der Waals surface area contributed by atoms with E-state index in [-0.39, 0.29) is 28.0 Å². The fraction of sp³-hybridized carbons (Fsp3) is 0.148. The Morgan fingerprint density at radius 2 is 1.68 bits per heavy atom. The van der Waals surface area contributed by atoms with Gasteiger partial charge in [-0.25, -0.2) is 9.69 Å². The number of hydrogen-bond donors (Lipinski definition) is 1. The van der Waals surface area contributed by atoms with Crippen LogP contribution in [0.4, 0.5) is 23.7 Å². The maximum atomic E-state index is 13.3. The number of benzene rings is 3. The second kappa shape index (κ2) is 10.5. The molecule has 3 aromatic carbocycles. The molecule has 1 fully saturated rings. The summed E-state index contributed by atoms with van der Waals surface area (Å²) in [6, 6.07) is 11.3. The molecule has 1 aliphatic rings. The molecule has 6 nitrogen and oxygen atoms in total. The van der Waals surface area contributed by atoms with Gasteiger partial charge in [-0.05, 0) is 73.0 Å². The van der Waals surface area contributed by atoms with Gasteiger partial charge in [0.15, 0.2) is 0 Å². The van der Waals surface area contributed by atoms with Gasteiger partial charge in [-0.1, -0.05) is 41.4 Å². The number of imide groups is 2. The van der Waals surface area contributed by atoms with Crippen LogP contribution in [0, 0.1) is 13.8 Å². The molecule has 11 heteroatoms. The first-order chi connectivity index (χ1) is 17.8. The van der Waals surface area contributed by atoms with E-state index >= 15 is 0 Å². The third kappa shape index (κ3) is 5.69. The van der Waals surface area contributed by atoms with E-state index in [1.165, 1.54) is 6.07 Å². The van der Waals surface area contributed by atoms with Crippen molar-refractivity contribution in [3.05, 3.63) is 98.0 Å². The molecule has 0 bridgehead atoms. The van der Waals surface area contributed by atoms with Gasteiger partial charge in [-0.3, -0.25) is 14.9 Å². The molecule has 0 unspecified atom stereocenters. The molecule has 4 rings (SSSR count). The largest absolute Gasteiger partial charge is 0.488 e. The summed E-state index contributed by atoms with van der Waals surface area (Å²) in [7, 11) is 0. The van der Waals surface area contributed by atoms with Crippen molar-refractivity contribution in [3.63, 3.8) is 0 Å². The van der Waals surface area contributed by atoms with Crippen molar-refractivity contribution in [1.82, 2.24) is 5.32 Å². The maximum absolute atomic E-state index is 13.3. The Bertz CT molecular complexity index is 1500. The van der Waals surface area contributed by atoms with E-state index in [4.69, 9.17) is 27.9 Å². The smallest absolute Gasteiger partial charge is 0.416 e. The van der Waals surface area contributed by atoms with Gasteiger partial charge in [-0.2, -0.15) is 13.2 Å². The van der Waals surface area contributed by atoms with Crippen LogP contribution in [0.5, 0.6) is 5.75 Å². The lowest BCUT2D eigenvalue weighted by molar-refractivity contribution is -0.137. The summed E-state index contributed by atoms with van der Waals surface area (Å²) >= 11 is 12.2. The quantitative estimate of drug-likeness (QED) is 0.272. The van der Waals surface area contributed by atoms with Crippen LogP contribution in [-0.2, 0) is 22.4 Å². The van der Waals surface area contributed by atoms with Crippen LogP contribution in [0.1, 0.15) is 27.8 Å². The summed E-state index contributed by atoms with van der Waals surface area (Å²) in [5, 5.41) is 1.94. The van der Waals surface area contributed by atoms with E-state index in [0.29, 0.717) is 17.0 Å². The van der Waals surface area contributed by atoms with Gasteiger partial charge in [0.05, 0.1) is 16.3 Å². The molecule has 1 heterocycles. The summed E-state index contributed by atoms with van der Waals surface area (Å²) in [5.74, 6) is -1.93. The molecular formula is C27H19Cl2F3N2O4. The number of halogens is 5. The van der Waals surface area contributed by atoms with Crippen LogP contribution < -0.4 is 15.0 Å². The second-order valence-electron chi connectivity index (χ2n) is 8.51. The van der Waals surface area contributed by atoms with Gasteiger partial charge in [0, 0.05) is 10.6 Å². The highest BCUT2D eigenvalue weighted by Gasteiger charge is 2.39. The van der Waals surface area contributed by atoms with E-state index in [9.17, 15) is 27.6 Å². The average molecular weight is 563 g/mol. The first-order valence-corrected chi connectivity index (χ1v) is 11.9. The van der Waals surface area contributed by atoms with Crippen molar-refractivity contribution in [2.24, 2.45) is 0 Å². The molecular weight excluding hydrogens is 544 g/mol. The summed E-state index contributed by atoms with van der Waals surface area (Å²) in [6.07, 6.45) is -3.60. The molecule has 1 N–H and O–H groups in total. The van der Waals surface area contributed by atoms with E-state index in [0.717, 1.165) is 28.8 Å². The zero-order valence-corrected chi connectivity index (χ0v) is 21.5. The van der Waals surface area contributed by atoms with Crippen LogP contribution in [0.3, 0.4) is 0 Å². The minimum atomic E-state index is -4.76. The Balaban J connectivity index is 1.71. The third-order valence-corrected chi connectivity index (χ3v) is 6.41. The number of nitrogens with zero attached hydrogens (tertiary/aromatic N) is 1. The first-order valence-electron chi connectivity index (χ1n) is 11.1. The molecule has 196 valence electrons. The number of alkyl halides is 3. The van der Waals surface area contributed by atoms with Crippen molar-refractivity contribution in [2.45, 2.75) is 26.6 Å². The van der Waals surface area contributed by atoms with Crippen LogP contribution in [0.2, 0.25) is 10.0 Å². The summed E-state index contributed by atoms with van der Waals surface area (Å²) in [4.78, 5) is 38.8. The number of urea groups is 1. The number of hydrogen-bond acceptors (Lipinski definition) is 4. The topological polar surface area (TPSA) is 75.7 Å². The van der Waals surface area contributed by atoms with Gasteiger partial charge in [0.25, 0.3) is 11.8 Å². The molecule has 0 saturated carbocycles. The number of carbonyl (C=O) groups is 3. The number of amides is 4. The van der Waals surface area contributed by atoms with Crippen molar-refractivity contribution in [1.29, 1.82) is 0 Å². The number of barbiturate groups is 1. The van der Waals surface area contributed by atoms with Gasteiger partial charge >= 0.3 is 12.2 Å². The minimum absolute atomic E-state index is 0.170. The van der Waals surface area contributed by atoms with Crippen molar-refractivity contribution >= 4 is 52.8 Å². The highest BCUT2D eigenvalue weighted by atomic mass is 35.5. The Morgan fingerprint density at radius 1 is 0.947 bits per heavy atom. The number of carbonyl (C=O) groups excluding carboxylic acids is 3. The lowest BCUT2D eigenvalue weighted by Gasteiger charge is -2.27. The van der Waals surface area contributed by atoms with E-state index in [1.807, 2.05) is 37.4 Å². The Hall–Kier alpha value is -3.82. The number of rotatable bonds is 5. The fourth-order valence-corrected chi connectivity index (χ4v) is 4.09. The van der Waals surface area contributed by atoms with Crippen LogP contribution in [0.15, 0.2) is 60.2 Å². The van der Waals surface area contributed by atoms with Gasteiger partial charge in [-0.15, -0.1) is 0 Å². The number of ether oxygens (including phenoxy) is 1. The molecule has 0 atom stereocenters. The summed E-state index contributed by atoms with van der Waals surface area (Å²) < 4.78 is 45.7. The predicted molar refractivity (Wildman–Crippen MR) is 137 cm³/mol. The highest BCUT2D eigenvalue weighted by Crippen LogP contribution is 2.37. The predicted octanol–water partition coefficient (Wildman–Crippen LogP) is 6.87. The van der Waals surface area contributed by atoms with E-state index in [1.54, 1.807) is 12.1 Å². The fourth-order valence-electron chi connectivity index (χ4n) is 3.71. The molecule has 1 aliphatic heterocycles. The molecule has 0 aromatic heterocycles. The lowest BCUT2D eigenvalue weighted by atomic mass is 10.1. The lowest BCUT2D eigenvalue weighted by Crippen LogP contribution is -2.54. The molecule has 1 saturated heterocycles. The van der Waals surface area contributed by atoms with Crippen molar-refractivity contribution in [2.75, 3.05) is 4.90 Å². The maximum Gasteiger partial charge on any atom is 0.416 e.